The normalized spacial score (nSPS) is 14.4. The molecular formula is C35H45F3N4O6Si. The van der Waals surface area contributed by atoms with Crippen molar-refractivity contribution in [2.75, 3.05) is 19.8 Å². The fraction of sp³-hybridized carbons (Fsp3) is 0.486. The minimum absolute atomic E-state index is 0.0269. The lowest BCUT2D eigenvalue weighted by atomic mass is 10.0. The zero-order chi connectivity index (χ0) is 36.1. The molecule has 0 aliphatic carbocycles. The quantitative estimate of drug-likeness (QED) is 0.117. The standard InChI is InChI=1S/C35H45F3N4O6Si/c1-24(43)47-17-9-15-41-29-13-12-25(27-14-16-40(22-27)33(45)48-34(2,3)4)21-30(29)42(23-46-18-19-49(5,6)7)32(41)39-31(44)26-10-8-11-28(20-26)35(36,37)38/h8,10-13,20-22H,9,14-19,23H2,1-7H3/b39-32+. The summed E-state index contributed by atoms with van der Waals surface area (Å²) in [5.74, 6) is -1.28. The largest absolute Gasteiger partial charge is 0.466 e. The number of halogens is 3. The molecule has 266 valence electrons. The molecule has 0 saturated heterocycles. The van der Waals surface area contributed by atoms with Crippen molar-refractivity contribution >= 4 is 42.7 Å². The van der Waals surface area contributed by atoms with Crippen LogP contribution in [0.15, 0.2) is 53.7 Å². The molecule has 0 unspecified atom stereocenters. The SMILES string of the molecule is CC(=O)OCCCn1/c(=N\C(=O)c2cccc(C(F)(F)F)c2)n(COCC[Si](C)(C)C)c2cc(C3=CN(C(=O)OC(C)(C)C)CC3)ccc21. The zero-order valence-corrected chi connectivity index (χ0v) is 30.1. The van der Waals surface area contributed by atoms with E-state index in [1.807, 2.05) is 18.2 Å². The fourth-order valence-corrected chi connectivity index (χ4v) is 5.95. The van der Waals surface area contributed by atoms with E-state index in [0.29, 0.717) is 37.0 Å². The molecule has 14 heteroatoms. The molecule has 0 bridgehead atoms. The lowest BCUT2D eigenvalue weighted by Crippen LogP contribution is -2.32. The van der Waals surface area contributed by atoms with Crippen LogP contribution in [0, 0.1) is 0 Å². The highest BCUT2D eigenvalue weighted by Crippen LogP contribution is 2.31. The number of benzene rings is 2. The summed E-state index contributed by atoms with van der Waals surface area (Å²) in [5.41, 5.74) is 1.48. The summed E-state index contributed by atoms with van der Waals surface area (Å²) in [5, 5.41) is 0. The Morgan fingerprint density at radius 2 is 1.69 bits per heavy atom. The Labute approximate surface area is 285 Å². The predicted octanol–water partition coefficient (Wildman–Crippen LogP) is 7.45. The second kappa shape index (κ2) is 15.2. The summed E-state index contributed by atoms with van der Waals surface area (Å²) < 4.78 is 60.8. The van der Waals surface area contributed by atoms with Gasteiger partial charge in [0.25, 0.3) is 5.91 Å². The monoisotopic (exact) mass is 702 g/mol. The van der Waals surface area contributed by atoms with Gasteiger partial charge in [0.1, 0.15) is 12.3 Å². The maximum Gasteiger partial charge on any atom is 0.416 e. The number of hydrogen-bond acceptors (Lipinski definition) is 6. The first-order valence-electron chi connectivity index (χ1n) is 16.2. The zero-order valence-electron chi connectivity index (χ0n) is 29.1. The molecule has 3 aromatic rings. The molecule has 1 aliphatic rings. The van der Waals surface area contributed by atoms with Gasteiger partial charge in [0.05, 0.1) is 23.2 Å². The first kappa shape index (κ1) is 37.6. The first-order chi connectivity index (χ1) is 22.8. The molecule has 1 aromatic heterocycles. The van der Waals surface area contributed by atoms with E-state index >= 15 is 0 Å². The van der Waals surface area contributed by atoms with Gasteiger partial charge >= 0.3 is 18.2 Å². The summed E-state index contributed by atoms with van der Waals surface area (Å²) in [6.07, 6.45) is -2.33. The number of hydrogen-bond donors (Lipinski definition) is 0. The number of imidazole rings is 1. The summed E-state index contributed by atoms with van der Waals surface area (Å²) in [6.45, 7) is 14.8. The van der Waals surface area contributed by atoms with Crippen molar-refractivity contribution in [3.63, 3.8) is 0 Å². The van der Waals surface area contributed by atoms with Crippen LogP contribution >= 0.6 is 0 Å². The van der Waals surface area contributed by atoms with E-state index in [1.54, 1.807) is 36.1 Å². The lowest BCUT2D eigenvalue weighted by Gasteiger charge is -2.23. The number of carbonyl (C=O) groups is 3. The van der Waals surface area contributed by atoms with E-state index in [2.05, 4.69) is 24.6 Å². The van der Waals surface area contributed by atoms with Crippen molar-refractivity contribution in [2.45, 2.75) is 91.3 Å². The van der Waals surface area contributed by atoms with Gasteiger partial charge in [0.2, 0.25) is 5.62 Å². The predicted molar refractivity (Wildman–Crippen MR) is 182 cm³/mol. The number of aromatic nitrogens is 2. The van der Waals surface area contributed by atoms with Gasteiger partial charge in [-0.2, -0.15) is 18.2 Å². The number of amides is 2. The number of rotatable bonds is 11. The Balaban J connectivity index is 1.84. The Morgan fingerprint density at radius 3 is 2.35 bits per heavy atom. The second-order valence-corrected chi connectivity index (χ2v) is 19.8. The molecule has 2 aromatic carbocycles. The number of aryl methyl sites for hydroxylation is 1. The molecule has 0 radical (unpaired) electrons. The van der Waals surface area contributed by atoms with Crippen LogP contribution in [0.2, 0.25) is 25.7 Å². The molecule has 0 N–H and O–H groups in total. The van der Waals surface area contributed by atoms with Gasteiger partial charge < -0.3 is 18.8 Å². The third kappa shape index (κ3) is 10.4. The van der Waals surface area contributed by atoms with Crippen LogP contribution in [0.3, 0.4) is 0 Å². The molecular weight excluding hydrogens is 657 g/mol. The summed E-state index contributed by atoms with van der Waals surface area (Å²) in [4.78, 5) is 43.6. The van der Waals surface area contributed by atoms with Crippen LogP contribution < -0.4 is 5.62 Å². The van der Waals surface area contributed by atoms with Gasteiger partial charge in [-0.3, -0.25) is 19.1 Å². The average molecular weight is 703 g/mol. The van der Waals surface area contributed by atoms with Crippen LogP contribution in [0.5, 0.6) is 0 Å². The van der Waals surface area contributed by atoms with Crippen LogP contribution in [0.4, 0.5) is 18.0 Å². The van der Waals surface area contributed by atoms with E-state index in [-0.39, 0.29) is 31.1 Å². The molecule has 0 spiro atoms. The van der Waals surface area contributed by atoms with E-state index < -0.39 is 43.4 Å². The number of alkyl halides is 3. The summed E-state index contributed by atoms with van der Waals surface area (Å²) in [7, 11) is -1.44. The fourth-order valence-electron chi connectivity index (χ4n) is 5.20. The van der Waals surface area contributed by atoms with Crippen molar-refractivity contribution in [1.82, 2.24) is 14.0 Å². The number of nitrogens with zero attached hydrogens (tertiary/aromatic N) is 4. The Hall–Kier alpha value is -4.17. The molecule has 49 heavy (non-hydrogen) atoms. The second-order valence-electron chi connectivity index (χ2n) is 14.2. The molecule has 2 amide bonds. The van der Waals surface area contributed by atoms with E-state index in [1.165, 1.54) is 24.0 Å². The Bertz CT molecular complexity index is 1800. The number of fused-ring (bicyclic) bond motifs is 1. The number of esters is 1. The van der Waals surface area contributed by atoms with Crippen molar-refractivity contribution in [1.29, 1.82) is 0 Å². The van der Waals surface area contributed by atoms with E-state index in [4.69, 9.17) is 14.2 Å². The molecule has 10 nitrogen and oxygen atoms in total. The maximum atomic E-state index is 13.5. The maximum absolute atomic E-state index is 13.5. The van der Waals surface area contributed by atoms with Gasteiger partial charge in [-0.15, -0.1) is 0 Å². The van der Waals surface area contributed by atoms with Crippen molar-refractivity contribution < 1.29 is 41.8 Å². The molecule has 4 rings (SSSR count). The highest BCUT2D eigenvalue weighted by molar-refractivity contribution is 6.76. The molecule has 0 saturated carbocycles. The van der Waals surface area contributed by atoms with Crippen molar-refractivity contribution in [2.24, 2.45) is 4.99 Å². The van der Waals surface area contributed by atoms with Gasteiger partial charge in [-0.25, -0.2) is 4.79 Å². The van der Waals surface area contributed by atoms with Crippen LogP contribution in [-0.2, 0) is 38.5 Å². The van der Waals surface area contributed by atoms with E-state index in [9.17, 15) is 27.6 Å². The third-order valence-corrected chi connectivity index (χ3v) is 9.36. The van der Waals surface area contributed by atoms with Crippen LogP contribution in [0.25, 0.3) is 16.6 Å². The topological polar surface area (TPSA) is 104 Å². The van der Waals surface area contributed by atoms with Crippen molar-refractivity contribution in [3.8, 4) is 0 Å². The smallest absolute Gasteiger partial charge is 0.416 e. The summed E-state index contributed by atoms with van der Waals surface area (Å²) >= 11 is 0. The highest BCUT2D eigenvalue weighted by Gasteiger charge is 2.31. The molecule has 0 atom stereocenters. The molecule has 0 fully saturated rings. The molecule has 1 aliphatic heterocycles. The minimum atomic E-state index is -4.63. The van der Waals surface area contributed by atoms with Gasteiger partial charge in [0, 0.05) is 46.5 Å². The number of carbonyl (C=O) groups excluding carboxylic acids is 3. The van der Waals surface area contributed by atoms with Crippen LogP contribution in [0.1, 0.15) is 62.0 Å². The molecule has 2 heterocycles. The van der Waals surface area contributed by atoms with Gasteiger partial charge in [-0.05, 0) is 81.1 Å². The Kier molecular flexibility index (Phi) is 11.6. The van der Waals surface area contributed by atoms with Crippen molar-refractivity contribution in [3.05, 3.63) is 71.0 Å². The van der Waals surface area contributed by atoms with Gasteiger partial charge in [0.15, 0.2) is 0 Å². The first-order valence-corrected chi connectivity index (χ1v) is 19.9. The number of ether oxygens (including phenoxy) is 3. The average Bonchev–Trinajstić information content (AvgIpc) is 3.59. The van der Waals surface area contributed by atoms with E-state index in [0.717, 1.165) is 29.3 Å². The van der Waals surface area contributed by atoms with Gasteiger partial charge in [-0.1, -0.05) is 31.8 Å². The Morgan fingerprint density at radius 1 is 0.959 bits per heavy atom. The summed E-state index contributed by atoms with van der Waals surface area (Å²) in [6, 6.07) is 10.8. The highest BCUT2D eigenvalue weighted by atomic mass is 28.3. The minimum Gasteiger partial charge on any atom is -0.466 e. The third-order valence-electron chi connectivity index (χ3n) is 7.66. The lowest BCUT2D eigenvalue weighted by molar-refractivity contribution is -0.141. The van der Waals surface area contributed by atoms with Crippen LogP contribution in [-0.4, -0.2) is 65.4 Å².